The summed E-state index contributed by atoms with van der Waals surface area (Å²) in [6.07, 6.45) is 2.35. The highest BCUT2D eigenvalue weighted by Crippen LogP contribution is 2.27. The maximum Gasteiger partial charge on any atom is 0.119 e. The molecule has 0 radical (unpaired) electrons. The van der Waals surface area contributed by atoms with Gasteiger partial charge in [-0.1, -0.05) is 12.1 Å². The van der Waals surface area contributed by atoms with E-state index in [1.807, 2.05) is 31.2 Å². The van der Waals surface area contributed by atoms with E-state index in [1.165, 1.54) is 0 Å². The van der Waals surface area contributed by atoms with Crippen molar-refractivity contribution in [3.8, 4) is 5.75 Å². The standard InChI is InChI=1S/C13H20N2O2/c1-2-16-11-7-5-10(6-8-11)13(15-14)12-4-3-9-17-12/h5-8,12-13,15H,2-4,9,14H2,1H3. The van der Waals surface area contributed by atoms with Gasteiger partial charge in [0.05, 0.1) is 18.8 Å². The van der Waals surface area contributed by atoms with Gasteiger partial charge in [-0.05, 0) is 37.5 Å². The predicted octanol–water partition coefficient (Wildman–Crippen LogP) is 1.77. The van der Waals surface area contributed by atoms with Crippen LogP contribution >= 0.6 is 0 Å². The van der Waals surface area contributed by atoms with Crippen molar-refractivity contribution < 1.29 is 9.47 Å². The summed E-state index contributed by atoms with van der Waals surface area (Å²) in [5.41, 5.74) is 3.99. The van der Waals surface area contributed by atoms with Gasteiger partial charge in [-0.3, -0.25) is 11.3 Å². The van der Waals surface area contributed by atoms with E-state index in [0.29, 0.717) is 6.61 Å². The van der Waals surface area contributed by atoms with Crippen LogP contribution < -0.4 is 16.0 Å². The maximum atomic E-state index is 5.66. The molecule has 0 amide bonds. The summed E-state index contributed by atoms with van der Waals surface area (Å²) in [5, 5.41) is 0. The molecule has 0 aromatic heterocycles. The Morgan fingerprint density at radius 2 is 2.24 bits per heavy atom. The molecule has 0 bridgehead atoms. The highest BCUT2D eigenvalue weighted by atomic mass is 16.5. The van der Waals surface area contributed by atoms with Crippen LogP contribution in [0.3, 0.4) is 0 Å². The second-order valence-electron chi connectivity index (χ2n) is 4.20. The number of nitrogens with two attached hydrogens (primary N) is 1. The van der Waals surface area contributed by atoms with E-state index in [0.717, 1.165) is 30.8 Å². The Morgan fingerprint density at radius 1 is 1.47 bits per heavy atom. The van der Waals surface area contributed by atoms with Gasteiger partial charge >= 0.3 is 0 Å². The Morgan fingerprint density at radius 3 is 2.76 bits per heavy atom. The SMILES string of the molecule is CCOc1ccc(C(NN)C2CCCO2)cc1. The molecule has 2 rings (SSSR count). The van der Waals surface area contributed by atoms with Crippen LogP contribution in [0.4, 0.5) is 0 Å². The van der Waals surface area contributed by atoms with Crippen molar-refractivity contribution in [1.82, 2.24) is 5.43 Å². The summed E-state index contributed by atoms with van der Waals surface area (Å²) < 4.78 is 11.1. The predicted molar refractivity (Wildman–Crippen MR) is 66.6 cm³/mol. The Balaban J connectivity index is 2.07. The van der Waals surface area contributed by atoms with Crippen molar-refractivity contribution in [2.24, 2.45) is 5.84 Å². The van der Waals surface area contributed by atoms with Crippen molar-refractivity contribution in [3.63, 3.8) is 0 Å². The van der Waals surface area contributed by atoms with Crippen LogP contribution in [0.2, 0.25) is 0 Å². The molecule has 4 nitrogen and oxygen atoms in total. The first kappa shape index (κ1) is 12.4. The van der Waals surface area contributed by atoms with Crippen molar-refractivity contribution in [1.29, 1.82) is 0 Å². The van der Waals surface area contributed by atoms with Crippen LogP contribution in [0, 0.1) is 0 Å². The first-order valence-corrected chi connectivity index (χ1v) is 6.15. The lowest BCUT2D eigenvalue weighted by atomic mass is 10.00. The molecule has 0 saturated carbocycles. The lowest BCUT2D eigenvalue weighted by Gasteiger charge is -2.22. The lowest BCUT2D eigenvalue weighted by Crippen LogP contribution is -2.36. The zero-order chi connectivity index (χ0) is 12.1. The molecule has 4 heteroatoms. The average Bonchev–Trinajstić information content (AvgIpc) is 2.86. The summed E-state index contributed by atoms with van der Waals surface area (Å²) in [4.78, 5) is 0. The van der Waals surface area contributed by atoms with Gasteiger partial charge in [-0.25, -0.2) is 0 Å². The first-order chi connectivity index (χ1) is 8.35. The molecule has 1 aliphatic heterocycles. The third kappa shape index (κ3) is 2.97. The molecule has 17 heavy (non-hydrogen) atoms. The molecule has 0 spiro atoms. The van der Waals surface area contributed by atoms with Gasteiger partial charge in [-0.15, -0.1) is 0 Å². The van der Waals surface area contributed by atoms with E-state index in [-0.39, 0.29) is 12.1 Å². The van der Waals surface area contributed by atoms with Gasteiger partial charge < -0.3 is 9.47 Å². The number of hydrazine groups is 1. The first-order valence-electron chi connectivity index (χ1n) is 6.15. The second kappa shape index (κ2) is 6.00. The molecular weight excluding hydrogens is 216 g/mol. The minimum atomic E-state index is 0.0631. The highest BCUT2D eigenvalue weighted by molar-refractivity contribution is 5.29. The number of hydrogen-bond acceptors (Lipinski definition) is 4. The highest BCUT2D eigenvalue weighted by Gasteiger charge is 2.26. The molecule has 1 fully saturated rings. The minimum absolute atomic E-state index is 0.0631. The van der Waals surface area contributed by atoms with E-state index in [4.69, 9.17) is 15.3 Å². The third-order valence-corrected chi connectivity index (χ3v) is 3.07. The number of rotatable bonds is 5. The summed E-state index contributed by atoms with van der Waals surface area (Å²) in [6, 6.07) is 8.08. The monoisotopic (exact) mass is 236 g/mol. The Kier molecular flexibility index (Phi) is 4.36. The average molecular weight is 236 g/mol. The van der Waals surface area contributed by atoms with Crippen LogP contribution in [-0.2, 0) is 4.74 Å². The Hall–Kier alpha value is -1.10. The quantitative estimate of drug-likeness (QED) is 0.604. The number of ether oxygens (including phenoxy) is 2. The van der Waals surface area contributed by atoms with Gasteiger partial charge in [0, 0.05) is 6.61 Å². The van der Waals surface area contributed by atoms with Crippen LogP contribution in [0.25, 0.3) is 0 Å². The molecule has 1 heterocycles. The van der Waals surface area contributed by atoms with Gasteiger partial charge in [0.25, 0.3) is 0 Å². The molecule has 2 unspecified atom stereocenters. The Bertz CT molecular complexity index is 334. The molecule has 0 aliphatic carbocycles. The fourth-order valence-electron chi connectivity index (χ4n) is 2.22. The van der Waals surface area contributed by atoms with Crippen LogP contribution in [0.1, 0.15) is 31.4 Å². The molecule has 94 valence electrons. The van der Waals surface area contributed by atoms with E-state index < -0.39 is 0 Å². The van der Waals surface area contributed by atoms with Gasteiger partial charge in [0.1, 0.15) is 5.75 Å². The van der Waals surface area contributed by atoms with Gasteiger partial charge in [0.2, 0.25) is 0 Å². The molecule has 1 aliphatic rings. The topological polar surface area (TPSA) is 56.5 Å². The molecule has 3 N–H and O–H groups in total. The van der Waals surface area contributed by atoms with Crippen LogP contribution in [0.15, 0.2) is 24.3 Å². The Labute approximate surface area is 102 Å². The smallest absolute Gasteiger partial charge is 0.119 e. The fraction of sp³-hybridized carbons (Fsp3) is 0.538. The zero-order valence-electron chi connectivity index (χ0n) is 10.2. The summed E-state index contributed by atoms with van der Waals surface area (Å²) in [7, 11) is 0. The zero-order valence-corrected chi connectivity index (χ0v) is 10.2. The maximum absolute atomic E-state index is 5.66. The van der Waals surface area contributed by atoms with Gasteiger partial charge in [0.15, 0.2) is 0 Å². The summed E-state index contributed by atoms with van der Waals surface area (Å²) >= 11 is 0. The van der Waals surface area contributed by atoms with E-state index in [9.17, 15) is 0 Å². The van der Waals surface area contributed by atoms with E-state index in [2.05, 4.69) is 5.43 Å². The number of benzene rings is 1. The molecular formula is C13H20N2O2. The van der Waals surface area contributed by atoms with Crippen molar-refractivity contribution in [2.75, 3.05) is 13.2 Å². The van der Waals surface area contributed by atoms with Gasteiger partial charge in [-0.2, -0.15) is 0 Å². The van der Waals surface area contributed by atoms with E-state index in [1.54, 1.807) is 0 Å². The molecule has 1 saturated heterocycles. The second-order valence-corrected chi connectivity index (χ2v) is 4.20. The molecule has 2 atom stereocenters. The van der Waals surface area contributed by atoms with E-state index >= 15 is 0 Å². The number of hydrogen-bond donors (Lipinski definition) is 2. The van der Waals surface area contributed by atoms with Crippen molar-refractivity contribution in [2.45, 2.75) is 31.9 Å². The van der Waals surface area contributed by atoms with Crippen molar-refractivity contribution in [3.05, 3.63) is 29.8 Å². The van der Waals surface area contributed by atoms with Crippen LogP contribution in [-0.4, -0.2) is 19.3 Å². The number of nitrogens with one attached hydrogen (secondary N) is 1. The summed E-state index contributed by atoms with van der Waals surface area (Å²) in [5.74, 6) is 6.51. The lowest BCUT2D eigenvalue weighted by molar-refractivity contribution is 0.0783. The normalized spacial score (nSPS) is 21.4. The molecule has 1 aromatic carbocycles. The molecule has 1 aromatic rings. The van der Waals surface area contributed by atoms with Crippen molar-refractivity contribution >= 4 is 0 Å². The summed E-state index contributed by atoms with van der Waals surface area (Å²) in [6.45, 7) is 3.49. The minimum Gasteiger partial charge on any atom is -0.494 e. The third-order valence-electron chi connectivity index (χ3n) is 3.07. The van der Waals surface area contributed by atoms with Crippen LogP contribution in [0.5, 0.6) is 5.75 Å². The largest absolute Gasteiger partial charge is 0.494 e. The fourth-order valence-corrected chi connectivity index (χ4v) is 2.22.